The molecule has 1 amide bonds. The molecule has 168 valence electrons. The van der Waals surface area contributed by atoms with Gasteiger partial charge < -0.3 is 14.4 Å². The van der Waals surface area contributed by atoms with Gasteiger partial charge in [0.15, 0.2) is 0 Å². The van der Waals surface area contributed by atoms with Crippen molar-refractivity contribution in [1.29, 1.82) is 0 Å². The molecule has 0 spiro atoms. The van der Waals surface area contributed by atoms with Crippen LogP contribution in [0.5, 0.6) is 5.75 Å². The van der Waals surface area contributed by atoms with Gasteiger partial charge in [0.1, 0.15) is 12.1 Å². The second kappa shape index (κ2) is 9.24. The van der Waals surface area contributed by atoms with Gasteiger partial charge in [-0.25, -0.2) is 9.48 Å². The van der Waals surface area contributed by atoms with Crippen molar-refractivity contribution in [3.63, 3.8) is 0 Å². The van der Waals surface area contributed by atoms with E-state index in [4.69, 9.17) is 9.47 Å². The number of likely N-dealkylation sites (tertiary alicyclic amines) is 1. The minimum atomic E-state index is -0.153. The van der Waals surface area contributed by atoms with Gasteiger partial charge in [0, 0.05) is 13.1 Å². The van der Waals surface area contributed by atoms with Crippen LogP contribution in [0.4, 0.5) is 4.79 Å². The van der Waals surface area contributed by atoms with Gasteiger partial charge in [-0.1, -0.05) is 20.8 Å². The molecule has 2 aliphatic rings. The van der Waals surface area contributed by atoms with E-state index in [1.165, 1.54) is 6.42 Å². The van der Waals surface area contributed by atoms with E-state index in [0.29, 0.717) is 6.61 Å². The number of carbonyl (C=O) groups is 1. The van der Waals surface area contributed by atoms with Gasteiger partial charge in [0.2, 0.25) is 0 Å². The number of hydrogen-bond donors (Lipinski definition) is 0. The molecule has 2 fully saturated rings. The molecule has 1 unspecified atom stereocenters. The normalized spacial score (nSPS) is 21.7. The van der Waals surface area contributed by atoms with Gasteiger partial charge in [-0.3, -0.25) is 0 Å². The summed E-state index contributed by atoms with van der Waals surface area (Å²) in [6, 6.07) is 7.81. The Bertz CT molecular complexity index is 839. The Hall–Kier alpha value is -2.64. The van der Waals surface area contributed by atoms with Crippen LogP contribution in [-0.2, 0) is 4.74 Å². The van der Waals surface area contributed by atoms with Crippen molar-refractivity contribution < 1.29 is 14.3 Å². The Morgan fingerprint density at radius 3 is 2.55 bits per heavy atom. The fourth-order valence-corrected chi connectivity index (χ4v) is 4.36. The summed E-state index contributed by atoms with van der Waals surface area (Å²) >= 11 is 0. The monoisotopic (exact) mass is 427 g/mol. The largest absolute Gasteiger partial charge is 0.494 e. The molecule has 31 heavy (non-hydrogen) atoms. The third kappa shape index (κ3) is 5.95. The molecule has 8 nitrogen and oxygen atoms in total. The maximum Gasteiger partial charge on any atom is 0.409 e. The lowest BCUT2D eigenvalue weighted by Crippen LogP contribution is -2.40. The van der Waals surface area contributed by atoms with Crippen molar-refractivity contribution in [2.24, 2.45) is 23.2 Å². The lowest BCUT2D eigenvalue weighted by Gasteiger charge is -2.32. The quantitative estimate of drug-likeness (QED) is 0.665. The number of amides is 1. The fourth-order valence-electron chi connectivity index (χ4n) is 4.36. The standard InChI is InChI=1S/C23H33N5O3/c1-23(2,3)15-31-22(29)27-11-8-17(9-12-27)21-14-18(21)10-13-30-20-6-4-19(5-7-20)28-16-24-25-26-28/h4-7,16-18,21H,8-15H2,1-3H3/t18-,21?/m1/s1. The Kier molecular flexibility index (Phi) is 6.43. The van der Waals surface area contributed by atoms with Crippen LogP contribution in [0.15, 0.2) is 30.6 Å². The number of piperidine rings is 1. The summed E-state index contributed by atoms with van der Waals surface area (Å²) in [5.74, 6) is 3.15. The van der Waals surface area contributed by atoms with E-state index in [2.05, 4.69) is 36.3 Å². The van der Waals surface area contributed by atoms with Crippen molar-refractivity contribution in [2.45, 2.75) is 46.5 Å². The first kappa shape index (κ1) is 21.6. The topological polar surface area (TPSA) is 82.4 Å². The van der Waals surface area contributed by atoms with Gasteiger partial charge in [-0.15, -0.1) is 5.10 Å². The summed E-state index contributed by atoms with van der Waals surface area (Å²) in [7, 11) is 0. The van der Waals surface area contributed by atoms with Crippen LogP contribution in [0.1, 0.15) is 46.5 Å². The third-order valence-electron chi connectivity index (χ3n) is 6.22. The van der Waals surface area contributed by atoms with Crippen molar-refractivity contribution in [3.05, 3.63) is 30.6 Å². The first-order chi connectivity index (χ1) is 14.9. The van der Waals surface area contributed by atoms with E-state index in [0.717, 1.165) is 68.1 Å². The van der Waals surface area contributed by atoms with Crippen LogP contribution in [0.3, 0.4) is 0 Å². The van der Waals surface area contributed by atoms with Crippen molar-refractivity contribution in [1.82, 2.24) is 25.1 Å². The number of tetrazole rings is 1. The van der Waals surface area contributed by atoms with Crippen LogP contribution in [0, 0.1) is 23.2 Å². The van der Waals surface area contributed by atoms with Gasteiger partial charge in [-0.2, -0.15) is 0 Å². The average molecular weight is 428 g/mol. The van der Waals surface area contributed by atoms with Crippen LogP contribution in [0.2, 0.25) is 0 Å². The number of carbonyl (C=O) groups excluding carboxylic acids is 1. The lowest BCUT2D eigenvalue weighted by atomic mass is 9.90. The molecule has 1 aliphatic heterocycles. The average Bonchev–Trinajstić information content (AvgIpc) is 3.31. The van der Waals surface area contributed by atoms with Crippen LogP contribution >= 0.6 is 0 Å². The molecule has 1 aliphatic carbocycles. The van der Waals surface area contributed by atoms with Gasteiger partial charge in [-0.05, 0) is 83.5 Å². The maximum atomic E-state index is 12.2. The minimum Gasteiger partial charge on any atom is -0.494 e. The molecule has 4 rings (SSSR count). The zero-order valence-corrected chi connectivity index (χ0v) is 18.7. The summed E-state index contributed by atoms with van der Waals surface area (Å²) in [4.78, 5) is 14.1. The zero-order chi connectivity index (χ0) is 21.8. The summed E-state index contributed by atoms with van der Waals surface area (Å²) in [5.41, 5.74) is 0.918. The molecular formula is C23H33N5O3. The van der Waals surface area contributed by atoms with E-state index >= 15 is 0 Å². The molecule has 0 bridgehead atoms. The summed E-state index contributed by atoms with van der Waals surface area (Å²) in [6.07, 6.45) is 5.98. The van der Waals surface area contributed by atoms with Crippen LogP contribution in [-0.4, -0.2) is 57.5 Å². The Balaban J connectivity index is 1.13. The maximum absolute atomic E-state index is 12.2. The minimum absolute atomic E-state index is 0.00800. The first-order valence-electron chi connectivity index (χ1n) is 11.3. The molecule has 2 aromatic rings. The highest BCUT2D eigenvalue weighted by Crippen LogP contribution is 2.49. The summed E-state index contributed by atoms with van der Waals surface area (Å²) in [5, 5.41) is 11.2. The molecular weight excluding hydrogens is 394 g/mol. The second-order valence-electron chi connectivity index (χ2n) is 9.98. The number of nitrogens with zero attached hydrogens (tertiary/aromatic N) is 5. The van der Waals surface area contributed by atoms with Crippen molar-refractivity contribution in [2.75, 3.05) is 26.3 Å². The molecule has 1 saturated carbocycles. The zero-order valence-electron chi connectivity index (χ0n) is 18.7. The SMILES string of the molecule is CC(C)(C)COC(=O)N1CCC(C2C[C@H]2CCOc2ccc(-n3cnnn3)cc2)CC1. The predicted molar refractivity (Wildman–Crippen MR) is 116 cm³/mol. The van der Waals surface area contributed by atoms with E-state index in [1.807, 2.05) is 29.2 Å². The lowest BCUT2D eigenvalue weighted by molar-refractivity contribution is 0.0602. The number of hydrogen-bond acceptors (Lipinski definition) is 6. The van der Waals surface area contributed by atoms with Gasteiger partial charge in [0.05, 0.1) is 18.9 Å². The first-order valence-corrected chi connectivity index (χ1v) is 11.3. The van der Waals surface area contributed by atoms with E-state index in [-0.39, 0.29) is 11.5 Å². The summed E-state index contributed by atoms with van der Waals surface area (Å²) in [6.45, 7) is 9.09. The number of ether oxygens (including phenoxy) is 2. The smallest absolute Gasteiger partial charge is 0.409 e. The fraction of sp³-hybridized carbons (Fsp3) is 0.652. The second-order valence-corrected chi connectivity index (χ2v) is 9.98. The summed E-state index contributed by atoms with van der Waals surface area (Å²) < 4.78 is 13.0. The molecule has 0 N–H and O–H groups in total. The highest BCUT2D eigenvalue weighted by atomic mass is 16.6. The molecule has 2 heterocycles. The third-order valence-corrected chi connectivity index (χ3v) is 6.22. The van der Waals surface area contributed by atoms with E-state index in [1.54, 1.807) is 11.0 Å². The van der Waals surface area contributed by atoms with Crippen LogP contribution in [0.25, 0.3) is 5.69 Å². The Labute approximate surface area is 183 Å². The molecule has 1 aromatic carbocycles. The Morgan fingerprint density at radius 1 is 1.16 bits per heavy atom. The number of aromatic nitrogens is 4. The molecule has 2 atom stereocenters. The van der Waals surface area contributed by atoms with E-state index < -0.39 is 0 Å². The van der Waals surface area contributed by atoms with Crippen molar-refractivity contribution >= 4 is 6.09 Å². The predicted octanol–water partition coefficient (Wildman–Crippen LogP) is 3.96. The number of rotatable bonds is 7. The number of benzene rings is 1. The molecule has 1 aromatic heterocycles. The highest BCUT2D eigenvalue weighted by Gasteiger charge is 2.43. The van der Waals surface area contributed by atoms with Crippen molar-refractivity contribution in [3.8, 4) is 11.4 Å². The van der Waals surface area contributed by atoms with E-state index in [9.17, 15) is 4.79 Å². The molecule has 1 saturated heterocycles. The van der Waals surface area contributed by atoms with Gasteiger partial charge in [0.25, 0.3) is 0 Å². The molecule has 0 radical (unpaired) electrons. The highest BCUT2D eigenvalue weighted by molar-refractivity contribution is 5.67. The Morgan fingerprint density at radius 2 is 1.90 bits per heavy atom. The van der Waals surface area contributed by atoms with Gasteiger partial charge >= 0.3 is 6.09 Å². The molecule has 8 heteroatoms. The van der Waals surface area contributed by atoms with Crippen LogP contribution < -0.4 is 4.74 Å².